The van der Waals surface area contributed by atoms with Crippen molar-refractivity contribution in [2.24, 2.45) is 0 Å². The quantitative estimate of drug-likeness (QED) is 0.701. The number of nitrogen functional groups attached to an aromatic ring is 1. The summed E-state index contributed by atoms with van der Waals surface area (Å²) in [5.41, 5.74) is 9.10. The van der Waals surface area contributed by atoms with Crippen molar-refractivity contribution in [1.29, 1.82) is 0 Å². The number of halogens is 1. The Labute approximate surface area is 112 Å². The Balaban J connectivity index is 2.25. The summed E-state index contributed by atoms with van der Waals surface area (Å²) in [5, 5.41) is 8.32. The van der Waals surface area contributed by atoms with E-state index in [0.717, 1.165) is 27.2 Å². The first-order valence-corrected chi connectivity index (χ1v) is 6.16. The zero-order chi connectivity index (χ0) is 12.7. The molecule has 3 rings (SSSR count). The lowest BCUT2D eigenvalue weighted by Crippen LogP contribution is -1.94. The van der Waals surface area contributed by atoms with Crippen molar-refractivity contribution in [3.05, 3.63) is 40.8 Å². The number of rotatable bonds is 1. The van der Waals surface area contributed by atoms with Crippen LogP contribution in [-0.2, 0) is 0 Å². The second-order valence-electron chi connectivity index (χ2n) is 4.06. The van der Waals surface area contributed by atoms with E-state index in [2.05, 4.69) is 31.1 Å². The van der Waals surface area contributed by atoms with E-state index in [1.54, 1.807) is 6.33 Å². The molecule has 3 aromatic rings. The number of nitrogens with two attached hydrogens (primary N) is 1. The largest absolute Gasteiger partial charge is 0.399 e. The predicted octanol–water partition coefficient (Wildman–Crippen LogP) is 2.44. The van der Waals surface area contributed by atoms with E-state index < -0.39 is 0 Å². The summed E-state index contributed by atoms with van der Waals surface area (Å²) in [4.78, 5) is 4.25. The SMILES string of the molecule is Cc1cc2nnc(-c3cc(N)cc(Br)c3)n2cn1. The molecule has 0 aliphatic heterocycles. The van der Waals surface area contributed by atoms with Gasteiger partial charge in [-0.25, -0.2) is 4.98 Å². The van der Waals surface area contributed by atoms with Crippen LogP contribution in [0, 0.1) is 6.92 Å². The third kappa shape index (κ3) is 1.84. The Bertz CT molecular complexity index is 714. The normalized spacial score (nSPS) is 11.0. The van der Waals surface area contributed by atoms with Gasteiger partial charge >= 0.3 is 0 Å². The van der Waals surface area contributed by atoms with Gasteiger partial charge < -0.3 is 5.73 Å². The molecule has 2 heterocycles. The minimum atomic E-state index is 0.677. The van der Waals surface area contributed by atoms with Crippen LogP contribution < -0.4 is 5.73 Å². The van der Waals surface area contributed by atoms with Gasteiger partial charge in [0.25, 0.3) is 0 Å². The fourth-order valence-corrected chi connectivity index (χ4v) is 2.34. The van der Waals surface area contributed by atoms with Gasteiger partial charge in [0.05, 0.1) is 0 Å². The first-order chi connectivity index (χ1) is 8.63. The maximum absolute atomic E-state index is 5.83. The summed E-state index contributed by atoms with van der Waals surface area (Å²) in [5.74, 6) is 0.727. The summed E-state index contributed by atoms with van der Waals surface area (Å²) in [6.45, 7) is 1.92. The number of aryl methyl sites for hydroxylation is 1. The van der Waals surface area contributed by atoms with Gasteiger partial charge in [-0.15, -0.1) is 10.2 Å². The Kier molecular flexibility index (Phi) is 2.52. The molecule has 2 N–H and O–H groups in total. The molecule has 2 aromatic heterocycles. The number of benzene rings is 1. The van der Waals surface area contributed by atoms with Gasteiger partial charge in [-0.1, -0.05) is 15.9 Å². The zero-order valence-corrected chi connectivity index (χ0v) is 11.2. The predicted molar refractivity (Wildman–Crippen MR) is 73.1 cm³/mol. The Morgan fingerprint density at radius 1 is 1.17 bits per heavy atom. The van der Waals surface area contributed by atoms with Crippen molar-refractivity contribution in [3.8, 4) is 11.4 Å². The van der Waals surface area contributed by atoms with Crippen LogP contribution in [0.2, 0.25) is 0 Å². The van der Waals surface area contributed by atoms with Crippen molar-refractivity contribution in [2.45, 2.75) is 6.92 Å². The Morgan fingerprint density at radius 3 is 2.78 bits per heavy atom. The molecule has 0 saturated heterocycles. The maximum Gasteiger partial charge on any atom is 0.169 e. The van der Waals surface area contributed by atoms with E-state index in [1.807, 2.05) is 35.6 Å². The zero-order valence-electron chi connectivity index (χ0n) is 9.63. The number of aromatic nitrogens is 4. The molecule has 1 aromatic carbocycles. The van der Waals surface area contributed by atoms with E-state index in [0.29, 0.717) is 5.69 Å². The molecule has 0 aliphatic carbocycles. The molecule has 0 unspecified atom stereocenters. The second kappa shape index (κ2) is 4.06. The molecule has 0 radical (unpaired) electrons. The van der Waals surface area contributed by atoms with Crippen molar-refractivity contribution in [1.82, 2.24) is 19.6 Å². The standard InChI is InChI=1S/C12H10BrN5/c1-7-2-11-16-17-12(18(11)6-15-7)8-3-9(13)5-10(14)4-8/h2-6H,14H2,1H3. The highest BCUT2D eigenvalue weighted by Gasteiger charge is 2.09. The smallest absolute Gasteiger partial charge is 0.169 e. The molecule has 90 valence electrons. The highest BCUT2D eigenvalue weighted by Crippen LogP contribution is 2.25. The van der Waals surface area contributed by atoms with Gasteiger partial charge in [-0.2, -0.15) is 0 Å². The highest BCUT2D eigenvalue weighted by molar-refractivity contribution is 9.10. The lowest BCUT2D eigenvalue weighted by atomic mass is 10.2. The van der Waals surface area contributed by atoms with Crippen molar-refractivity contribution in [3.63, 3.8) is 0 Å². The first kappa shape index (κ1) is 11.2. The third-order valence-corrected chi connectivity index (χ3v) is 3.07. The van der Waals surface area contributed by atoms with E-state index in [-0.39, 0.29) is 0 Å². The molecule has 6 heteroatoms. The summed E-state index contributed by atoms with van der Waals surface area (Å²) in [6, 6.07) is 7.54. The molecule has 18 heavy (non-hydrogen) atoms. The van der Waals surface area contributed by atoms with Gasteiger partial charge in [-0.3, -0.25) is 4.40 Å². The fourth-order valence-electron chi connectivity index (χ4n) is 1.83. The van der Waals surface area contributed by atoms with E-state index >= 15 is 0 Å². The molecular weight excluding hydrogens is 294 g/mol. The lowest BCUT2D eigenvalue weighted by Gasteiger charge is -2.02. The van der Waals surface area contributed by atoms with E-state index in [4.69, 9.17) is 5.73 Å². The van der Waals surface area contributed by atoms with Crippen LogP contribution >= 0.6 is 15.9 Å². The summed E-state index contributed by atoms with van der Waals surface area (Å²) in [7, 11) is 0. The molecule has 0 bridgehead atoms. The van der Waals surface area contributed by atoms with Crippen molar-refractivity contribution < 1.29 is 0 Å². The van der Waals surface area contributed by atoms with Gasteiger partial charge in [0.2, 0.25) is 0 Å². The third-order valence-electron chi connectivity index (χ3n) is 2.62. The minimum Gasteiger partial charge on any atom is -0.399 e. The number of hydrogen-bond acceptors (Lipinski definition) is 4. The number of fused-ring (bicyclic) bond motifs is 1. The molecule has 0 atom stereocenters. The highest BCUT2D eigenvalue weighted by atomic mass is 79.9. The minimum absolute atomic E-state index is 0.677. The lowest BCUT2D eigenvalue weighted by molar-refractivity contribution is 1.05. The molecule has 0 fully saturated rings. The number of hydrogen-bond donors (Lipinski definition) is 1. The molecule has 0 aliphatic rings. The molecule has 0 spiro atoms. The van der Waals surface area contributed by atoms with Crippen LogP contribution in [0.1, 0.15) is 5.69 Å². The summed E-state index contributed by atoms with van der Waals surface area (Å²) >= 11 is 3.42. The van der Waals surface area contributed by atoms with Crippen LogP contribution in [0.4, 0.5) is 5.69 Å². The first-order valence-electron chi connectivity index (χ1n) is 5.37. The Morgan fingerprint density at radius 2 is 2.00 bits per heavy atom. The number of nitrogens with zero attached hydrogens (tertiary/aromatic N) is 4. The van der Waals surface area contributed by atoms with Gasteiger partial charge in [0, 0.05) is 27.5 Å². The van der Waals surface area contributed by atoms with Gasteiger partial charge in [-0.05, 0) is 25.1 Å². The van der Waals surface area contributed by atoms with E-state index in [1.165, 1.54) is 0 Å². The van der Waals surface area contributed by atoms with Crippen molar-refractivity contribution >= 4 is 27.3 Å². The topological polar surface area (TPSA) is 69.1 Å². The average molecular weight is 304 g/mol. The van der Waals surface area contributed by atoms with Gasteiger partial charge in [0.15, 0.2) is 11.5 Å². The molecule has 0 saturated carbocycles. The molecular formula is C12H10BrN5. The monoisotopic (exact) mass is 303 g/mol. The maximum atomic E-state index is 5.83. The summed E-state index contributed by atoms with van der Waals surface area (Å²) in [6.07, 6.45) is 1.72. The average Bonchev–Trinajstić information content (AvgIpc) is 2.70. The second-order valence-corrected chi connectivity index (χ2v) is 4.97. The fraction of sp³-hybridized carbons (Fsp3) is 0.0833. The van der Waals surface area contributed by atoms with Crippen LogP contribution in [0.3, 0.4) is 0 Å². The summed E-state index contributed by atoms with van der Waals surface area (Å²) < 4.78 is 2.75. The molecule has 0 amide bonds. The van der Waals surface area contributed by atoms with Crippen molar-refractivity contribution in [2.75, 3.05) is 5.73 Å². The van der Waals surface area contributed by atoms with E-state index in [9.17, 15) is 0 Å². The van der Waals surface area contributed by atoms with Gasteiger partial charge in [0.1, 0.15) is 6.33 Å². The van der Waals surface area contributed by atoms with Crippen LogP contribution in [0.15, 0.2) is 35.1 Å². The number of anilines is 1. The van der Waals surface area contributed by atoms with Crippen LogP contribution in [0.5, 0.6) is 0 Å². The van der Waals surface area contributed by atoms with Crippen LogP contribution in [-0.4, -0.2) is 19.6 Å². The van der Waals surface area contributed by atoms with Crippen LogP contribution in [0.25, 0.3) is 17.0 Å². The Hall–Kier alpha value is -1.95. The molecule has 5 nitrogen and oxygen atoms in total.